The van der Waals surface area contributed by atoms with Crippen LogP contribution in [0.2, 0.25) is 18.1 Å². The number of amides is 1. The fourth-order valence-electron chi connectivity index (χ4n) is 3.04. The van der Waals surface area contributed by atoms with E-state index in [2.05, 4.69) is 39.2 Å². The van der Waals surface area contributed by atoms with Gasteiger partial charge >= 0.3 is 12.1 Å². The number of nitrogens with one attached hydrogen (secondary N) is 1. The van der Waals surface area contributed by atoms with Crippen LogP contribution in [0.5, 0.6) is 0 Å². The highest BCUT2D eigenvalue weighted by molar-refractivity contribution is 6.74. The van der Waals surface area contributed by atoms with Gasteiger partial charge in [-0.15, -0.1) is 0 Å². The lowest BCUT2D eigenvalue weighted by Crippen LogP contribution is -2.54. The summed E-state index contributed by atoms with van der Waals surface area (Å²) in [6.07, 6.45) is 3.52. The topological polar surface area (TPSA) is 73.9 Å². The number of alkyl carbamates (subject to hydrolysis) is 1. The minimum absolute atomic E-state index is 0.00373. The summed E-state index contributed by atoms with van der Waals surface area (Å²) in [5, 5.41) is 2.94. The maximum Gasteiger partial charge on any atom is 0.408 e. The molecule has 0 aliphatic rings. The van der Waals surface area contributed by atoms with Crippen LogP contribution in [0.25, 0.3) is 0 Å². The Morgan fingerprint density at radius 1 is 1.06 bits per heavy atom. The Bertz CT molecular complexity index is 809. The van der Waals surface area contributed by atoms with Crippen molar-refractivity contribution in [3.05, 3.63) is 48.0 Å². The largest absolute Gasteiger partial charge is 0.456 e. The molecule has 0 radical (unpaired) electrons. The van der Waals surface area contributed by atoms with Gasteiger partial charge in [-0.3, -0.25) is 0 Å². The van der Waals surface area contributed by atoms with Gasteiger partial charge in [-0.2, -0.15) is 0 Å². The molecule has 6 nitrogen and oxygen atoms in total. The summed E-state index contributed by atoms with van der Waals surface area (Å²) < 4.78 is 18.0. The molecule has 0 heterocycles. The first-order valence-electron chi connectivity index (χ1n) is 12.1. The Hall–Kier alpha value is -2.12. The summed E-state index contributed by atoms with van der Waals surface area (Å²) in [6, 6.07) is 8.31. The lowest BCUT2D eigenvalue weighted by Gasteiger charge is -2.39. The number of allylic oxidation sites excluding steroid dienone is 2. The number of carbonyl (C=O) groups excluding carboxylic acids is 2. The Morgan fingerprint density at radius 2 is 1.65 bits per heavy atom. The Kier molecular flexibility index (Phi) is 11.0. The van der Waals surface area contributed by atoms with E-state index in [9.17, 15) is 9.59 Å². The Labute approximate surface area is 207 Å². The van der Waals surface area contributed by atoms with Crippen LogP contribution in [0.15, 0.2) is 42.5 Å². The maximum atomic E-state index is 13.0. The number of hydrogen-bond donors (Lipinski definition) is 1. The van der Waals surface area contributed by atoms with Crippen molar-refractivity contribution in [2.75, 3.05) is 6.61 Å². The second-order valence-corrected chi connectivity index (χ2v) is 16.2. The lowest BCUT2D eigenvalue weighted by molar-refractivity contribution is -0.00895. The van der Waals surface area contributed by atoms with Gasteiger partial charge in [-0.1, -0.05) is 58.0 Å². The molecule has 1 rings (SSSR count). The third-order valence-electron chi connectivity index (χ3n) is 6.09. The van der Waals surface area contributed by atoms with Crippen molar-refractivity contribution in [3.63, 3.8) is 0 Å². The van der Waals surface area contributed by atoms with Gasteiger partial charge in [-0.05, 0) is 70.3 Å². The monoisotopic (exact) mass is 491 g/mol. The van der Waals surface area contributed by atoms with Crippen molar-refractivity contribution in [1.29, 1.82) is 0 Å². The molecule has 0 saturated carbocycles. The van der Waals surface area contributed by atoms with E-state index in [1.165, 1.54) is 0 Å². The molecule has 1 N–H and O–H groups in total. The molecule has 0 saturated heterocycles. The number of ether oxygens (including phenoxy) is 2. The Balaban J connectivity index is 3.27. The van der Waals surface area contributed by atoms with Crippen LogP contribution in [-0.2, 0) is 13.9 Å². The quantitative estimate of drug-likeness (QED) is 0.223. The van der Waals surface area contributed by atoms with Crippen LogP contribution in [-0.4, -0.2) is 44.7 Å². The van der Waals surface area contributed by atoms with E-state index in [0.29, 0.717) is 12.0 Å². The molecule has 0 bridgehead atoms. The molecule has 3 atom stereocenters. The predicted molar refractivity (Wildman–Crippen MR) is 141 cm³/mol. The highest BCUT2D eigenvalue weighted by atomic mass is 28.4. The van der Waals surface area contributed by atoms with Gasteiger partial charge in [0.2, 0.25) is 0 Å². The first-order valence-corrected chi connectivity index (χ1v) is 15.0. The van der Waals surface area contributed by atoms with Crippen molar-refractivity contribution < 1.29 is 23.5 Å². The van der Waals surface area contributed by atoms with Crippen molar-refractivity contribution in [1.82, 2.24) is 5.32 Å². The van der Waals surface area contributed by atoms with E-state index in [-0.39, 0.29) is 17.6 Å². The summed E-state index contributed by atoms with van der Waals surface area (Å²) in [7, 11) is -2.12. The van der Waals surface area contributed by atoms with E-state index in [0.717, 1.165) is 0 Å². The normalized spacial score (nSPS) is 15.5. The van der Waals surface area contributed by atoms with Gasteiger partial charge in [0.15, 0.2) is 8.32 Å². The third kappa shape index (κ3) is 10.0. The highest BCUT2D eigenvalue weighted by Gasteiger charge is 2.40. The molecule has 0 aliphatic carbocycles. The molecule has 0 fully saturated rings. The molecule has 7 heteroatoms. The summed E-state index contributed by atoms with van der Waals surface area (Å²) in [6.45, 7) is 20.4. The van der Waals surface area contributed by atoms with E-state index in [4.69, 9.17) is 13.9 Å². The molecule has 0 unspecified atom stereocenters. The van der Waals surface area contributed by atoms with Crippen molar-refractivity contribution in [2.45, 2.75) is 97.7 Å². The average Bonchev–Trinajstić information content (AvgIpc) is 2.71. The molecule has 1 amide bonds. The fraction of sp³-hybridized carbons (Fsp3) is 0.630. The van der Waals surface area contributed by atoms with Crippen LogP contribution < -0.4 is 5.32 Å². The molecule has 34 heavy (non-hydrogen) atoms. The number of esters is 1. The zero-order chi connectivity index (χ0) is 26.2. The SMILES string of the molecule is C/C=C/C[C@@H](C)[C@@H](OC(=O)c1ccccc1)[C@@H](CO[Si](C)(C)C(C)(C)C)NC(=O)OC(C)(C)C. The summed E-state index contributed by atoms with van der Waals surface area (Å²) in [5.41, 5.74) is -0.186. The van der Waals surface area contributed by atoms with Crippen molar-refractivity contribution in [2.24, 2.45) is 5.92 Å². The van der Waals surface area contributed by atoms with Crippen molar-refractivity contribution >= 4 is 20.4 Å². The minimum atomic E-state index is -2.12. The first-order chi connectivity index (χ1) is 15.6. The van der Waals surface area contributed by atoms with Gasteiger partial charge < -0.3 is 19.2 Å². The first kappa shape index (κ1) is 29.9. The summed E-state index contributed by atoms with van der Waals surface area (Å²) in [4.78, 5) is 25.8. The predicted octanol–water partition coefficient (Wildman–Crippen LogP) is 6.73. The number of benzene rings is 1. The molecular formula is C27H45NO5Si. The van der Waals surface area contributed by atoms with Crippen LogP contribution in [0, 0.1) is 5.92 Å². The summed E-state index contributed by atoms with van der Waals surface area (Å²) >= 11 is 0. The van der Waals surface area contributed by atoms with Crippen LogP contribution >= 0.6 is 0 Å². The zero-order valence-corrected chi connectivity index (χ0v) is 23.7. The van der Waals surface area contributed by atoms with Gasteiger partial charge in [0, 0.05) is 0 Å². The number of hydrogen-bond acceptors (Lipinski definition) is 5. The van der Waals surface area contributed by atoms with E-state index < -0.39 is 38.1 Å². The molecule has 192 valence electrons. The Morgan fingerprint density at radius 3 is 2.15 bits per heavy atom. The summed E-state index contributed by atoms with van der Waals surface area (Å²) in [5.74, 6) is -0.493. The highest BCUT2D eigenvalue weighted by Crippen LogP contribution is 2.37. The zero-order valence-electron chi connectivity index (χ0n) is 22.7. The van der Waals surface area contributed by atoms with E-state index in [1.807, 2.05) is 52.8 Å². The molecular weight excluding hydrogens is 446 g/mol. The number of rotatable bonds is 10. The standard InChI is InChI=1S/C27H45NO5Si/c1-11-12-16-20(2)23(32-24(29)21-17-14-13-15-18-21)22(28-25(30)33-26(3,4)5)19-31-34(9,10)27(6,7)8/h11-15,17-18,20,22-23H,16,19H2,1-10H3,(H,28,30)/b12-11+/t20-,22-,23-/m1/s1. The minimum Gasteiger partial charge on any atom is -0.456 e. The van der Waals surface area contributed by atoms with Crippen molar-refractivity contribution in [3.8, 4) is 0 Å². The van der Waals surface area contributed by atoms with Gasteiger partial charge in [0.1, 0.15) is 11.7 Å². The lowest BCUT2D eigenvalue weighted by atomic mass is 9.94. The van der Waals surface area contributed by atoms with Gasteiger partial charge in [-0.25, -0.2) is 9.59 Å². The average molecular weight is 492 g/mol. The van der Waals surface area contributed by atoms with Crippen LogP contribution in [0.1, 0.15) is 72.2 Å². The second kappa shape index (κ2) is 12.5. The van der Waals surface area contributed by atoms with E-state index >= 15 is 0 Å². The van der Waals surface area contributed by atoms with E-state index in [1.54, 1.807) is 24.3 Å². The van der Waals surface area contributed by atoms with Gasteiger partial charge in [0.25, 0.3) is 0 Å². The molecule has 0 spiro atoms. The third-order valence-corrected chi connectivity index (χ3v) is 10.6. The molecule has 0 aliphatic heterocycles. The maximum absolute atomic E-state index is 13.0. The smallest absolute Gasteiger partial charge is 0.408 e. The van der Waals surface area contributed by atoms with Crippen LogP contribution in [0.4, 0.5) is 4.79 Å². The van der Waals surface area contributed by atoms with Gasteiger partial charge in [0.05, 0.1) is 18.2 Å². The molecule has 0 aromatic heterocycles. The second-order valence-electron chi connectivity index (χ2n) is 11.3. The molecule has 1 aromatic rings. The fourth-order valence-corrected chi connectivity index (χ4v) is 4.07. The number of carbonyl (C=O) groups is 2. The van der Waals surface area contributed by atoms with Crippen LogP contribution in [0.3, 0.4) is 0 Å². The molecule has 1 aromatic carbocycles.